The summed E-state index contributed by atoms with van der Waals surface area (Å²) in [6.07, 6.45) is 0. The van der Waals surface area contributed by atoms with E-state index < -0.39 is 35.1 Å². The molecule has 32 heavy (non-hydrogen) atoms. The molecular weight excluding hydrogens is 483 g/mol. The Kier molecular flexibility index (Phi) is 8.32. The van der Waals surface area contributed by atoms with Gasteiger partial charge in [0.05, 0.1) is 18.2 Å². The fourth-order valence-electron chi connectivity index (χ4n) is 2.76. The van der Waals surface area contributed by atoms with Crippen LogP contribution in [0.1, 0.15) is 0 Å². The van der Waals surface area contributed by atoms with Crippen LogP contribution in [0.4, 0.5) is 5.69 Å². The summed E-state index contributed by atoms with van der Waals surface area (Å²) in [5, 5.41) is 3.04. The van der Waals surface area contributed by atoms with Crippen molar-refractivity contribution in [1.29, 1.82) is 0 Å². The first kappa shape index (κ1) is 24.3. The van der Waals surface area contributed by atoms with E-state index in [1.807, 2.05) is 0 Å². The Bertz CT molecular complexity index is 1070. The third-order valence-corrected chi connectivity index (χ3v) is 6.97. The lowest BCUT2D eigenvalue weighted by Gasteiger charge is -2.26. The van der Waals surface area contributed by atoms with Crippen LogP contribution >= 0.6 is 23.2 Å². The lowest BCUT2D eigenvalue weighted by atomic mass is 10.3. The number of amides is 1. The Morgan fingerprint density at radius 3 is 2.41 bits per heavy atom. The van der Waals surface area contributed by atoms with E-state index in [0.29, 0.717) is 24.0 Å². The first-order chi connectivity index (χ1) is 15.3. The van der Waals surface area contributed by atoms with E-state index in [1.165, 1.54) is 22.5 Å². The van der Waals surface area contributed by atoms with E-state index in [1.54, 1.807) is 24.3 Å². The van der Waals surface area contributed by atoms with Gasteiger partial charge in [-0.3, -0.25) is 4.79 Å². The summed E-state index contributed by atoms with van der Waals surface area (Å²) in [6, 6.07) is 10.5. The molecule has 1 aliphatic rings. The van der Waals surface area contributed by atoms with E-state index in [4.69, 9.17) is 37.4 Å². The van der Waals surface area contributed by atoms with Gasteiger partial charge in [0.1, 0.15) is 10.6 Å². The lowest BCUT2D eigenvalue weighted by molar-refractivity contribution is -0.149. The molecule has 0 atom stereocenters. The Labute approximate surface area is 195 Å². The monoisotopic (exact) mass is 502 g/mol. The first-order valence-corrected chi connectivity index (χ1v) is 11.7. The fraction of sp³-hybridized carbons (Fsp3) is 0.300. The van der Waals surface area contributed by atoms with Gasteiger partial charge in [-0.15, -0.1) is 0 Å². The smallest absolute Gasteiger partial charge is 0.344 e. The number of hydrogen-bond acceptors (Lipinski definition) is 7. The van der Waals surface area contributed by atoms with Crippen molar-refractivity contribution in [2.24, 2.45) is 0 Å². The third-order valence-electron chi connectivity index (χ3n) is 4.34. The largest absolute Gasteiger partial charge is 0.482 e. The second kappa shape index (κ2) is 11.0. The second-order valence-electron chi connectivity index (χ2n) is 6.61. The van der Waals surface area contributed by atoms with Crippen molar-refractivity contribution in [2.75, 3.05) is 44.8 Å². The summed E-state index contributed by atoms with van der Waals surface area (Å²) in [7, 11) is -3.85. The molecule has 3 rings (SSSR count). The summed E-state index contributed by atoms with van der Waals surface area (Å²) >= 11 is 11.9. The Morgan fingerprint density at radius 1 is 1.03 bits per heavy atom. The minimum Gasteiger partial charge on any atom is -0.482 e. The molecule has 0 aromatic heterocycles. The van der Waals surface area contributed by atoms with Gasteiger partial charge in [-0.05, 0) is 42.5 Å². The highest BCUT2D eigenvalue weighted by Crippen LogP contribution is 2.28. The van der Waals surface area contributed by atoms with Crippen molar-refractivity contribution in [3.8, 4) is 5.75 Å². The average Bonchev–Trinajstić information content (AvgIpc) is 2.79. The van der Waals surface area contributed by atoms with Crippen LogP contribution in [0, 0.1) is 0 Å². The number of rotatable bonds is 8. The normalized spacial score (nSPS) is 14.6. The van der Waals surface area contributed by atoms with Gasteiger partial charge in [0.25, 0.3) is 5.91 Å². The summed E-state index contributed by atoms with van der Waals surface area (Å²) in [5.74, 6) is -0.977. The topological polar surface area (TPSA) is 111 Å². The van der Waals surface area contributed by atoms with E-state index in [2.05, 4.69) is 5.32 Å². The molecule has 9 nitrogen and oxygen atoms in total. The number of nitrogens with one attached hydrogen (secondary N) is 1. The van der Waals surface area contributed by atoms with Gasteiger partial charge in [0.15, 0.2) is 13.2 Å². The minimum absolute atomic E-state index is 0.0280. The van der Waals surface area contributed by atoms with Crippen molar-refractivity contribution >= 4 is 50.8 Å². The molecule has 2 aromatic rings. The van der Waals surface area contributed by atoms with Crippen LogP contribution in [0.5, 0.6) is 5.75 Å². The molecule has 1 fully saturated rings. The molecule has 1 heterocycles. The molecular formula is C20H20Cl2N2O7S. The van der Waals surface area contributed by atoms with Crippen molar-refractivity contribution in [3.05, 3.63) is 52.5 Å². The summed E-state index contributed by atoms with van der Waals surface area (Å²) < 4.78 is 42.3. The van der Waals surface area contributed by atoms with Crippen LogP contribution in [0.3, 0.4) is 0 Å². The number of ether oxygens (including phenoxy) is 3. The Balaban J connectivity index is 1.54. The zero-order valence-corrected chi connectivity index (χ0v) is 19.1. The summed E-state index contributed by atoms with van der Waals surface area (Å²) in [6.45, 7) is 0.0438. The quantitative estimate of drug-likeness (QED) is 0.552. The van der Waals surface area contributed by atoms with Gasteiger partial charge in [0, 0.05) is 23.8 Å². The molecule has 1 aliphatic heterocycles. The molecule has 0 saturated carbocycles. The highest BCUT2D eigenvalue weighted by atomic mass is 35.5. The van der Waals surface area contributed by atoms with Gasteiger partial charge in [0.2, 0.25) is 10.0 Å². The molecule has 1 saturated heterocycles. The van der Waals surface area contributed by atoms with Crippen molar-refractivity contribution < 1.29 is 32.2 Å². The van der Waals surface area contributed by atoms with Gasteiger partial charge in [-0.25, -0.2) is 13.2 Å². The summed E-state index contributed by atoms with van der Waals surface area (Å²) in [4.78, 5) is 23.8. The fourth-order valence-corrected chi connectivity index (χ4v) is 4.80. The maximum atomic E-state index is 12.9. The SMILES string of the molecule is O=C(COC(=O)COc1ccc(Cl)cc1)Nc1ccc(Cl)c(S(=O)(=O)N2CCOCC2)c1. The number of sulfonamides is 1. The van der Waals surface area contributed by atoms with Crippen LogP contribution in [-0.2, 0) is 29.1 Å². The number of morpholine rings is 1. The number of nitrogens with zero attached hydrogens (tertiary/aromatic N) is 1. The standard InChI is InChI=1S/C20H20Cl2N2O7S/c21-14-1-4-16(5-2-14)30-13-20(26)31-12-19(25)23-15-3-6-17(22)18(11-15)32(27,28)24-7-9-29-10-8-24/h1-6,11H,7-10,12-13H2,(H,23,25). The Hall–Kier alpha value is -2.37. The van der Waals surface area contributed by atoms with Crippen LogP contribution in [0.2, 0.25) is 10.0 Å². The summed E-state index contributed by atoms with van der Waals surface area (Å²) in [5.41, 5.74) is 0.194. The second-order valence-corrected chi connectivity index (χ2v) is 9.36. The molecule has 1 amide bonds. The first-order valence-electron chi connectivity index (χ1n) is 9.47. The van der Waals surface area contributed by atoms with Gasteiger partial charge in [-0.2, -0.15) is 4.31 Å². The molecule has 172 valence electrons. The van der Waals surface area contributed by atoms with Crippen LogP contribution in [0.15, 0.2) is 47.4 Å². The average molecular weight is 503 g/mol. The zero-order valence-electron chi connectivity index (χ0n) is 16.8. The third kappa shape index (κ3) is 6.57. The zero-order chi connectivity index (χ0) is 23.1. The highest BCUT2D eigenvalue weighted by Gasteiger charge is 2.28. The molecule has 12 heteroatoms. The number of carbonyl (C=O) groups excluding carboxylic acids is 2. The predicted molar refractivity (Wildman–Crippen MR) is 118 cm³/mol. The minimum atomic E-state index is -3.85. The maximum absolute atomic E-state index is 12.9. The van der Waals surface area contributed by atoms with Crippen LogP contribution in [0.25, 0.3) is 0 Å². The van der Waals surface area contributed by atoms with Gasteiger partial charge in [-0.1, -0.05) is 23.2 Å². The van der Waals surface area contributed by atoms with Crippen molar-refractivity contribution in [1.82, 2.24) is 4.31 Å². The number of halogens is 2. The molecule has 2 aromatic carbocycles. The molecule has 0 aliphatic carbocycles. The van der Waals surface area contributed by atoms with E-state index in [0.717, 1.165) is 0 Å². The number of anilines is 1. The molecule has 0 radical (unpaired) electrons. The van der Waals surface area contributed by atoms with Crippen LogP contribution in [-0.4, -0.2) is 64.1 Å². The maximum Gasteiger partial charge on any atom is 0.344 e. The number of benzene rings is 2. The number of carbonyl (C=O) groups is 2. The molecule has 0 unspecified atom stereocenters. The van der Waals surface area contributed by atoms with E-state index in [-0.39, 0.29) is 28.7 Å². The predicted octanol–water partition coefficient (Wildman–Crippen LogP) is 2.58. The van der Waals surface area contributed by atoms with E-state index in [9.17, 15) is 18.0 Å². The molecule has 0 spiro atoms. The van der Waals surface area contributed by atoms with Gasteiger partial charge < -0.3 is 19.5 Å². The van der Waals surface area contributed by atoms with Crippen LogP contribution < -0.4 is 10.1 Å². The molecule has 1 N–H and O–H groups in total. The van der Waals surface area contributed by atoms with Gasteiger partial charge >= 0.3 is 5.97 Å². The Morgan fingerprint density at radius 2 is 1.72 bits per heavy atom. The lowest BCUT2D eigenvalue weighted by Crippen LogP contribution is -2.40. The molecule has 0 bridgehead atoms. The van der Waals surface area contributed by atoms with Crippen molar-refractivity contribution in [3.63, 3.8) is 0 Å². The van der Waals surface area contributed by atoms with E-state index >= 15 is 0 Å². The number of hydrogen-bond donors (Lipinski definition) is 1. The van der Waals surface area contributed by atoms with Crippen molar-refractivity contribution in [2.45, 2.75) is 4.90 Å². The highest BCUT2D eigenvalue weighted by molar-refractivity contribution is 7.89. The number of esters is 1.